The molecule has 3 aromatic rings. The fourth-order valence-corrected chi connectivity index (χ4v) is 3.83. The predicted molar refractivity (Wildman–Crippen MR) is 124 cm³/mol. The van der Waals surface area contributed by atoms with Gasteiger partial charge in [0.05, 0.1) is 18.2 Å². The van der Waals surface area contributed by atoms with Crippen LogP contribution in [0.15, 0.2) is 65.1 Å². The Hall–Kier alpha value is -3.56. The lowest BCUT2D eigenvalue weighted by atomic mass is 10.0. The SMILES string of the molecule is CCOc1cc(/C=C2/C(=O)Nc3ccccc32)c(Br)cc1OCc1ccccc1C#N. The lowest BCUT2D eigenvalue weighted by Gasteiger charge is -2.15. The minimum absolute atomic E-state index is 0.139. The molecule has 1 aliphatic rings. The monoisotopic (exact) mass is 474 g/mol. The first-order valence-electron chi connectivity index (χ1n) is 9.80. The first-order chi connectivity index (χ1) is 15.1. The molecule has 154 valence electrons. The van der Waals surface area contributed by atoms with E-state index in [1.165, 1.54) is 0 Å². The molecular formula is C25H19BrN2O3. The summed E-state index contributed by atoms with van der Waals surface area (Å²) in [5.74, 6) is 0.984. The van der Waals surface area contributed by atoms with Gasteiger partial charge in [0.25, 0.3) is 5.91 Å². The number of hydrogen-bond acceptors (Lipinski definition) is 4. The first kappa shape index (κ1) is 20.7. The van der Waals surface area contributed by atoms with E-state index >= 15 is 0 Å². The Morgan fingerprint density at radius 2 is 1.81 bits per heavy atom. The summed E-state index contributed by atoms with van der Waals surface area (Å²) in [6.07, 6.45) is 1.84. The van der Waals surface area contributed by atoms with Gasteiger partial charge in [0, 0.05) is 26.9 Å². The van der Waals surface area contributed by atoms with Crippen LogP contribution in [0.1, 0.15) is 29.2 Å². The van der Waals surface area contributed by atoms with Crippen molar-refractivity contribution in [2.45, 2.75) is 13.5 Å². The number of nitriles is 1. The van der Waals surface area contributed by atoms with Gasteiger partial charge in [-0.3, -0.25) is 4.79 Å². The minimum Gasteiger partial charge on any atom is -0.490 e. The van der Waals surface area contributed by atoms with Crippen molar-refractivity contribution in [3.05, 3.63) is 87.4 Å². The van der Waals surface area contributed by atoms with Crippen molar-refractivity contribution in [3.63, 3.8) is 0 Å². The summed E-state index contributed by atoms with van der Waals surface area (Å²) in [5, 5.41) is 12.2. The third-order valence-corrected chi connectivity index (χ3v) is 5.58. The fourth-order valence-electron chi connectivity index (χ4n) is 3.39. The molecule has 0 bridgehead atoms. The van der Waals surface area contributed by atoms with E-state index in [0.717, 1.165) is 26.9 Å². The standard InChI is InChI=1S/C25H19BrN2O3/c1-2-30-23-12-18(11-20-19-9-5-6-10-22(19)28-25(20)29)21(26)13-24(23)31-15-17-8-4-3-7-16(17)14-27/h3-13H,2,15H2,1H3,(H,28,29)/b20-11+. The van der Waals surface area contributed by atoms with Crippen LogP contribution in [0.4, 0.5) is 5.69 Å². The van der Waals surface area contributed by atoms with Crippen LogP contribution in [-0.2, 0) is 11.4 Å². The average molecular weight is 475 g/mol. The molecule has 4 rings (SSSR count). The number of ether oxygens (including phenoxy) is 2. The number of hydrogen-bond donors (Lipinski definition) is 1. The molecule has 3 aromatic carbocycles. The first-order valence-corrected chi connectivity index (χ1v) is 10.6. The Morgan fingerprint density at radius 3 is 2.61 bits per heavy atom. The van der Waals surface area contributed by atoms with Crippen molar-refractivity contribution in [3.8, 4) is 17.6 Å². The van der Waals surface area contributed by atoms with Crippen LogP contribution in [0.25, 0.3) is 11.6 Å². The van der Waals surface area contributed by atoms with Gasteiger partial charge in [-0.25, -0.2) is 0 Å². The van der Waals surface area contributed by atoms with Gasteiger partial charge in [0.1, 0.15) is 6.61 Å². The molecule has 1 N–H and O–H groups in total. The van der Waals surface area contributed by atoms with Gasteiger partial charge < -0.3 is 14.8 Å². The number of anilines is 1. The van der Waals surface area contributed by atoms with Crippen LogP contribution in [-0.4, -0.2) is 12.5 Å². The molecule has 1 heterocycles. The zero-order valence-electron chi connectivity index (χ0n) is 16.8. The van der Waals surface area contributed by atoms with E-state index in [2.05, 4.69) is 27.3 Å². The zero-order valence-corrected chi connectivity index (χ0v) is 18.4. The third kappa shape index (κ3) is 4.32. The summed E-state index contributed by atoms with van der Waals surface area (Å²) in [6, 6.07) is 20.8. The summed E-state index contributed by atoms with van der Waals surface area (Å²) in [4.78, 5) is 12.5. The Bertz CT molecular complexity index is 1230. The normalized spacial score (nSPS) is 13.5. The van der Waals surface area contributed by atoms with Crippen LogP contribution in [0, 0.1) is 11.3 Å². The summed E-state index contributed by atoms with van der Waals surface area (Å²) < 4.78 is 12.6. The number of rotatable bonds is 6. The molecule has 1 aliphatic heterocycles. The van der Waals surface area contributed by atoms with E-state index in [-0.39, 0.29) is 12.5 Å². The van der Waals surface area contributed by atoms with Crippen molar-refractivity contribution >= 4 is 39.2 Å². The van der Waals surface area contributed by atoms with Crippen molar-refractivity contribution in [1.29, 1.82) is 5.26 Å². The number of carbonyl (C=O) groups excluding carboxylic acids is 1. The molecule has 0 fully saturated rings. The van der Waals surface area contributed by atoms with E-state index in [9.17, 15) is 10.1 Å². The van der Waals surface area contributed by atoms with Crippen molar-refractivity contribution in [1.82, 2.24) is 0 Å². The number of nitrogens with one attached hydrogen (secondary N) is 1. The number of fused-ring (bicyclic) bond motifs is 1. The molecule has 0 saturated heterocycles. The van der Waals surface area contributed by atoms with Crippen LogP contribution < -0.4 is 14.8 Å². The highest BCUT2D eigenvalue weighted by Crippen LogP contribution is 2.38. The molecule has 0 aliphatic carbocycles. The summed E-state index contributed by atoms with van der Waals surface area (Å²) in [7, 11) is 0. The fraction of sp³-hybridized carbons (Fsp3) is 0.120. The van der Waals surface area contributed by atoms with Gasteiger partial charge in [-0.05, 0) is 42.8 Å². The Balaban J connectivity index is 1.67. The van der Waals surface area contributed by atoms with Gasteiger partial charge in [-0.2, -0.15) is 5.26 Å². The van der Waals surface area contributed by atoms with E-state index < -0.39 is 0 Å². The number of amides is 1. The Kier molecular flexibility index (Phi) is 6.06. The molecule has 0 saturated carbocycles. The second-order valence-electron chi connectivity index (χ2n) is 6.87. The molecule has 0 atom stereocenters. The van der Waals surface area contributed by atoms with Crippen molar-refractivity contribution in [2.75, 3.05) is 11.9 Å². The zero-order chi connectivity index (χ0) is 21.8. The Morgan fingerprint density at radius 1 is 1.06 bits per heavy atom. The average Bonchev–Trinajstić information content (AvgIpc) is 3.10. The Labute approximate surface area is 189 Å². The van der Waals surface area contributed by atoms with Gasteiger partial charge in [0.2, 0.25) is 0 Å². The highest BCUT2D eigenvalue weighted by molar-refractivity contribution is 9.10. The van der Waals surface area contributed by atoms with Gasteiger partial charge in [-0.15, -0.1) is 0 Å². The quantitative estimate of drug-likeness (QED) is 0.458. The van der Waals surface area contributed by atoms with E-state index in [0.29, 0.717) is 29.2 Å². The molecule has 6 heteroatoms. The van der Waals surface area contributed by atoms with Crippen LogP contribution in [0.2, 0.25) is 0 Å². The van der Waals surface area contributed by atoms with Gasteiger partial charge >= 0.3 is 0 Å². The minimum atomic E-state index is -0.139. The van der Waals surface area contributed by atoms with Crippen LogP contribution in [0.5, 0.6) is 11.5 Å². The van der Waals surface area contributed by atoms with E-state index in [1.54, 1.807) is 6.07 Å². The summed E-state index contributed by atoms with van der Waals surface area (Å²) in [6.45, 7) is 2.61. The molecule has 0 aromatic heterocycles. The second-order valence-corrected chi connectivity index (χ2v) is 7.72. The molecule has 0 radical (unpaired) electrons. The highest BCUT2D eigenvalue weighted by Gasteiger charge is 2.24. The predicted octanol–water partition coefficient (Wildman–Crippen LogP) is 5.79. The summed E-state index contributed by atoms with van der Waals surface area (Å²) in [5.41, 5.74) is 4.44. The maximum atomic E-state index is 12.5. The van der Waals surface area contributed by atoms with E-state index in [1.807, 2.05) is 67.6 Å². The second kappa shape index (κ2) is 9.07. The summed E-state index contributed by atoms with van der Waals surface area (Å²) >= 11 is 3.59. The van der Waals surface area contributed by atoms with Gasteiger partial charge in [0.15, 0.2) is 11.5 Å². The molecule has 31 heavy (non-hydrogen) atoms. The smallest absolute Gasteiger partial charge is 0.256 e. The maximum Gasteiger partial charge on any atom is 0.256 e. The number of nitrogens with zero attached hydrogens (tertiary/aromatic N) is 1. The number of halogens is 1. The van der Waals surface area contributed by atoms with Gasteiger partial charge in [-0.1, -0.05) is 52.3 Å². The van der Waals surface area contributed by atoms with Crippen molar-refractivity contribution in [2.24, 2.45) is 0 Å². The molecule has 1 amide bonds. The number of benzene rings is 3. The van der Waals surface area contributed by atoms with Crippen LogP contribution >= 0.6 is 15.9 Å². The highest BCUT2D eigenvalue weighted by atomic mass is 79.9. The molecular weight excluding hydrogens is 456 g/mol. The maximum absolute atomic E-state index is 12.5. The lowest BCUT2D eigenvalue weighted by Crippen LogP contribution is -2.04. The number of para-hydroxylation sites is 1. The van der Waals surface area contributed by atoms with E-state index in [4.69, 9.17) is 9.47 Å². The topological polar surface area (TPSA) is 71.3 Å². The third-order valence-electron chi connectivity index (χ3n) is 4.89. The lowest BCUT2D eigenvalue weighted by molar-refractivity contribution is -0.110. The largest absolute Gasteiger partial charge is 0.490 e. The number of carbonyl (C=O) groups is 1. The molecule has 0 spiro atoms. The molecule has 5 nitrogen and oxygen atoms in total. The molecule has 0 unspecified atom stereocenters. The van der Waals surface area contributed by atoms with Crippen LogP contribution in [0.3, 0.4) is 0 Å². The van der Waals surface area contributed by atoms with Crippen molar-refractivity contribution < 1.29 is 14.3 Å².